The van der Waals surface area contributed by atoms with Crippen LogP contribution in [0.2, 0.25) is 0 Å². The molecule has 0 radical (unpaired) electrons. The molecule has 0 saturated heterocycles. The highest BCUT2D eigenvalue weighted by atomic mass is 14.9. The average Bonchev–Trinajstić information content (AvgIpc) is 2.20. The molecule has 2 heteroatoms. The van der Waals surface area contributed by atoms with Gasteiger partial charge in [0, 0.05) is 25.5 Å². The van der Waals surface area contributed by atoms with Crippen LogP contribution in [0.5, 0.6) is 0 Å². The van der Waals surface area contributed by atoms with E-state index in [1.807, 2.05) is 7.05 Å². The molecule has 10 heavy (non-hydrogen) atoms. The molecular formula is C8H14N2. The smallest absolute Gasteiger partial charge is 0.0220 e. The second-order valence-electron chi connectivity index (χ2n) is 2.57. The summed E-state index contributed by atoms with van der Waals surface area (Å²) < 4.78 is 2.13. The van der Waals surface area contributed by atoms with E-state index in [0.29, 0.717) is 0 Å². The predicted octanol–water partition coefficient (Wildman–Crippen LogP) is 1.05. The Kier molecular flexibility index (Phi) is 2.12. The van der Waals surface area contributed by atoms with E-state index < -0.39 is 0 Å². The molecule has 0 aliphatic rings. The molecule has 0 amide bonds. The summed E-state index contributed by atoms with van der Waals surface area (Å²) in [5, 5.41) is 3.12. The lowest BCUT2D eigenvalue weighted by Gasteiger charge is -1.99. The van der Waals surface area contributed by atoms with Gasteiger partial charge in [-0.3, -0.25) is 0 Å². The third kappa shape index (κ3) is 1.21. The minimum absolute atomic E-state index is 0.965. The van der Waals surface area contributed by atoms with Crippen LogP contribution in [0.25, 0.3) is 0 Å². The second-order valence-corrected chi connectivity index (χ2v) is 2.57. The van der Waals surface area contributed by atoms with Crippen LogP contribution in [0, 0.1) is 6.92 Å². The standard InChI is InChI=1S/C8H14N2/c1-7-8(6-9-2)4-5-10(7)3/h4-5,9H,6H2,1-3H3. The lowest BCUT2D eigenvalue weighted by Crippen LogP contribution is -2.05. The van der Waals surface area contributed by atoms with Gasteiger partial charge in [-0.05, 0) is 25.6 Å². The van der Waals surface area contributed by atoms with Crippen molar-refractivity contribution in [3.8, 4) is 0 Å². The van der Waals surface area contributed by atoms with Crippen molar-refractivity contribution >= 4 is 0 Å². The first-order chi connectivity index (χ1) is 4.75. The van der Waals surface area contributed by atoms with Crippen molar-refractivity contribution in [2.24, 2.45) is 7.05 Å². The summed E-state index contributed by atoms with van der Waals surface area (Å²) in [6.45, 7) is 3.10. The zero-order chi connectivity index (χ0) is 7.56. The predicted molar refractivity (Wildman–Crippen MR) is 42.9 cm³/mol. The van der Waals surface area contributed by atoms with E-state index >= 15 is 0 Å². The normalized spacial score (nSPS) is 10.3. The topological polar surface area (TPSA) is 17.0 Å². The fraction of sp³-hybridized carbons (Fsp3) is 0.500. The lowest BCUT2D eigenvalue weighted by atomic mass is 10.2. The van der Waals surface area contributed by atoms with Gasteiger partial charge in [-0.15, -0.1) is 0 Å². The molecule has 1 heterocycles. The van der Waals surface area contributed by atoms with Gasteiger partial charge in [0.25, 0.3) is 0 Å². The molecule has 0 atom stereocenters. The Morgan fingerprint density at radius 2 is 2.30 bits per heavy atom. The van der Waals surface area contributed by atoms with Gasteiger partial charge >= 0.3 is 0 Å². The van der Waals surface area contributed by atoms with Crippen molar-refractivity contribution in [2.45, 2.75) is 13.5 Å². The van der Waals surface area contributed by atoms with Crippen molar-refractivity contribution in [3.63, 3.8) is 0 Å². The molecular weight excluding hydrogens is 124 g/mol. The van der Waals surface area contributed by atoms with Crippen LogP contribution in [0.15, 0.2) is 12.3 Å². The lowest BCUT2D eigenvalue weighted by molar-refractivity contribution is 0.795. The molecule has 0 saturated carbocycles. The molecule has 2 nitrogen and oxygen atoms in total. The van der Waals surface area contributed by atoms with Crippen LogP contribution in [0.1, 0.15) is 11.3 Å². The molecule has 0 bridgehead atoms. The van der Waals surface area contributed by atoms with E-state index in [9.17, 15) is 0 Å². The van der Waals surface area contributed by atoms with Gasteiger partial charge < -0.3 is 9.88 Å². The molecule has 1 aromatic heterocycles. The fourth-order valence-electron chi connectivity index (χ4n) is 1.04. The molecule has 0 aliphatic carbocycles. The molecule has 0 spiro atoms. The summed E-state index contributed by atoms with van der Waals surface area (Å²) in [5.41, 5.74) is 2.72. The third-order valence-corrected chi connectivity index (χ3v) is 1.86. The van der Waals surface area contributed by atoms with Crippen LogP contribution in [0.3, 0.4) is 0 Å². The maximum absolute atomic E-state index is 3.12. The fourth-order valence-corrected chi connectivity index (χ4v) is 1.04. The van der Waals surface area contributed by atoms with Crippen molar-refractivity contribution in [1.29, 1.82) is 0 Å². The molecule has 1 rings (SSSR count). The number of aryl methyl sites for hydroxylation is 1. The van der Waals surface area contributed by atoms with Gasteiger partial charge in [-0.25, -0.2) is 0 Å². The largest absolute Gasteiger partial charge is 0.354 e. The first kappa shape index (κ1) is 7.35. The molecule has 0 aliphatic heterocycles. The molecule has 0 fully saturated rings. The van der Waals surface area contributed by atoms with E-state index in [-0.39, 0.29) is 0 Å². The Labute approximate surface area is 61.9 Å². The zero-order valence-electron chi connectivity index (χ0n) is 6.81. The summed E-state index contributed by atoms with van der Waals surface area (Å²) >= 11 is 0. The van der Waals surface area contributed by atoms with Gasteiger partial charge in [-0.2, -0.15) is 0 Å². The van der Waals surface area contributed by atoms with E-state index in [2.05, 4.69) is 36.1 Å². The summed E-state index contributed by atoms with van der Waals surface area (Å²) in [4.78, 5) is 0. The zero-order valence-corrected chi connectivity index (χ0v) is 6.81. The molecule has 1 aromatic rings. The maximum Gasteiger partial charge on any atom is 0.0220 e. The second kappa shape index (κ2) is 2.88. The number of nitrogens with zero attached hydrogens (tertiary/aromatic N) is 1. The molecule has 0 aromatic carbocycles. The van der Waals surface area contributed by atoms with E-state index in [0.717, 1.165) is 6.54 Å². The number of hydrogen-bond donors (Lipinski definition) is 1. The van der Waals surface area contributed by atoms with Crippen molar-refractivity contribution in [2.75, 3.05) is 7.05 Å². The number of hydrogen-bond acceptors (Lipinski definition) is 1. The Balaban J connectivity index is 2.83. The summed E-state index contributed by atoms with van der Waals surface area (Å²) in [7, 11) is 4.03. The van der Waals surface area contributed by atoms with Crippen molar-refractivity contribution < 1.29 is 0 Å². The van der Waals surface area contributed by atoms with Crippen molar-refractivity contribution in [1.82, 2.24) is 9.88 Å². The quantitative estimate of drug-likeness (QED) is 0.646. The van der Waals surface area contributed by atoms with Crippen LogP contribution >= 0.6 is 0 Å². The Bertz CT molecular complexity index is 213. The van der Waals surface area contributed by atoms with Gasteiger partial charge in [0.05, 0.1) is 0 Å². The first-order valence-electron chi connectivity index (χ1n) is 3.51. The number of nitrogens with one attached hydrogen (secondary N) is 1. The molecule has 0 unspecified atom stereocenters. The van der Waals surface area contributed by atoms with Gasteiger partial charge in [0.2, 0.25) is 0 Å². The highest BCUT2D eigenvalue weighted by Crippen LogP contribution is 2.06. The molecule has 1 N–H and O–H groups in total. The van der Waals surface area contributed by atoms with Crippen LogP contribution in [0.4, 0.5) is 0 Å². The van der Waals surface area contributed by atoms with Crippen molar-refractivity contribution in [3.05, 3.63) is 23.5 Å². The maximum atomic E-state index is 3.12. The van der Waals surface area contributed by atoms with E-state index in [4.69, 9.17) is 0 Å². The molecule has 56 valence electrons. The third-order valence-electron chi connectivity index (χ3n) is 1.86. The van der Waals surface area contributed by atoms with Crippen LogP contribution in [-0.4, -0.2) is 11.6 Å². The summed E-state index contributed by atoms with van der Waals surface area (Å²) in [5.74, 6) is 0. The van der Waals surface area contributed by atoms with Gasteiger partial charge in [0.15, 0.2) is 0 Å². The monoisotopic (exact) mass is 138 g/mol. The highest BCUT2D eigenvalue weighted by Gasteiger charge is 1.98. The van der Waals surface area contributed by atoms with Crippen LogP contribution < -0.4 is 5.32 Å². The Hall–Kier alpha value is -0.760. The number of aromatic nitrogens is 1. The Morgan fingerprint density at radius 3 is 2.70 bits per heavy atom. The Morgan fingerprint density at radius 1 is 1.60 bits per heavy atom. The number of rotatable bonds is 2. The first-order valence-corrected chi connectivity index (χ1v) is 3.51. The van der Waals surface area contributed by atoms with E-state index in [1.54, 1.807) is 0 Å². The minimum atomic E-state index is 0.965. The highest BCUT2D eigenvalue weighted by molar-refractivity contribution is 5.20. The summed E-state index contributed by atoms with van der Waals surface area (Å²) in [6.07, 6.45) is 2.09. The van der Waals surface area contributed by atoms with E-state index in [1.165, 1.54) is 11.3 Å². The summed E-state index contributed by atoms with van der Waals surface area (Å²) in [6, 6.07) is 2.14. The average molecular weight is 138 g/mol. The van der Waals surface area contributed by atoms with Gasteiger partial charge in [-0.1, -0.05) is 0 Å². The minimum Gasteiger partial charge on any atom is -0.354 e. The SMILES string of the molecule is CNCc1ccn(C)c1C. The van der Waals surface area contributed by atoms with Crippen LogP contribution in [-0.2, 0) is 13.6 Å². The van der Waals surface area contributed by atoms with Gasteiger partial charge in [0.1, 0.15) is 0 Å².